The molecule has 3 aromatic rings. The second kappa shape index (κ2) is 4.29. The summed E-state index contributed by atoms with van der Waals surface area (Å²) in [5, 5.41) is 5.82. The molecule has 0 saturated heterocycles. The second-order valence-electron chi connectivity index (χ2n) is 4.94. The molecule has 0 amide bonds. The molecule has 1 N–H and O–H groups in total. The first-order valence-corrected chi connectivity index (χ1v) is 6.69. The largest absolute Gasteiger partial charge is 0.461 e. The standard InChI is InChI=1S/C15H16ClNO2/c1-7-5-10-12(9(3)17-4)14-11(6-8(2)18-14)13(16)15(10)19-7/h5-6,9,17H,1-4H3. The minimum absolute atomic E-state index is 0.157. The van der Waals surface area contributed by atoms with Crippen LogP contribution in [0.4, 0.5) is 0 Å². The van der Waals surface area contributed by atoms with Crippen molar-refractivity contribution in [2.75, 3.05) is 7.05 Å². The smallest absolute Gasteiger partial charge is 0.154 e. The van der Waals surface area contributed by atoms with Gasteiger partial charge >= 0.3 is 0 Å². The number of nitrogens with one attached hydrogen (secondary N) is 1. The van der Waals surface area contributed by atoms with Gasteiger partial charge in [-0.15, -0.1) is 0 Å². The quantitative estimate of drug-likeness (QED) is 0.736. The molecule has 2 heterocycles. The van der Waals surface area contributed by atoms with Crippen LogP contribution in [0.15, 0.2) is 21.0 Å². The lowest BCUT2D eigenvalue weighted by atomic mass is 10.0. The Hall–Kier alpha value is -1.45. The van der Waals surface area contributed by atoms with E-state index in [-0.39, 0.29) is 6.04 Å². The highest BCUT2D eigenvalue weighted by Crippen LogP contribution is 2.41. The number of aryl methyl sites for hydroxylation is 2. The number of fused-ring (bicyclic) bond motifs is 2. The lowest BCUT2D eigenvalue weighted by Gasteiger charge is -2.13. The number of benzene rings is 1. The predicted molar refractivity (Wildman–Crippen MR) is 77.9 cm³/mol. The first kappa shape index (κ1) is 12.6. The van der Waals surface area contributed by atoms with Crippen molar-refractivity contribution in [2.24, 2.45) is 0 Å². The van der Waals surface area contributed by atoms with Crippen LogP contribution in [0.2, 0.25) is 5.02 Å². The highest BCUT2D eigenvalue weighted by molar-refractivity contribution is 6.40. The lowest BCUT2D eigenvalue weighted by molar-refractivity contribution is 0.562. The summed E-state index contributed by atoms with van der Waals surface area (Å²) in [5.41, 5.74) is 2.68. The summed E-state index contributed by atoms with van der Waals surface area (Å²) >= 11 is 6.45. The number of hydrogen-bond acceptors (Lipinski definition) is 3. The molecule has 0 saturated carbocycles. The van der Waals surface area contributed by atoms with E-state index in [1.807, 2.05) is 33.0 Å². The van der Waals surface area contributed by atoms with Crippen LogP contribution in [0, 0.1) is 13.8 Å². The van der Waals surface area contributed by atoms with E-state index in [1.54, 1.807) is 0 Å². The fraction of sp³-hybridized carbons (Fsp3) is 0.333. The van der Waals surface area contributed by atoms with Crippen LogP contribution >= 0.6 is 11.6 Å². The minimum atomic E-state index is 0.157. The van der Waals surface area contributed by atoms with E-state index < -0.39 is 0 Å². The van der Waals surface area contributed by atoms with Gasteiger partial charge in [0, 0.05) is 22.4 Å². The van der Waals surface area contributed by atoms with Gasteiger partial charge in [0.15, 0.2) is 5.58 Å². The normalized spacial score (nSPS) is 13.5. The number of hydrogen-bond donors (Lipinski definition) is 1. The third kappa shape index (κ3) is 1.77. The molecule has 0 aliphatic carbocycles. The number of rotatable bonds is 2. The fourth-order valence-corrected chi connectivity index (χ4v) is 2.85. The van der Waals surface area contributed by atoms with Crippen molar-refractivity contribution in [1.29, 1.82) is 0 Å². The van der Waals surface area contributed by atoms with Gasteiger partial charge < -0.3 is 14.2 Å². The molecule has 0 bridgehead atoms. The highest BCUT2D eigenvalue weighted by Gasteiger charge is 2.22. The Balaban J connectivity index is 2.54. The van der Waals surface area contributed by atoms with E-state index in [4.69, 9.17) is 20.4 Å². The van der Waals surface area contributed by atoms with Crippen LogP contribution in [0.25, 0.3) is 21.9 Å². The first-order valence-electron chi connectivity index (χ1n) is 6.31. The Morgan fingerprint density at radius 1 is 1.05 bits per heavy atom. The molecule has 0 fully saturated rings. The summed E-state index contributed by atoms with van der Waals surface area (Å²) in [7, 11) is 1.93. The summed E-state index contributed by atoms with van der Waals surface area (Å²) < 4.78 is 11.6. The molecular weight excluding hydrogens is 262 g/mol. The van der Waals surface area contributed by atoms with Gasteiger partial charge in [0.05, 0.1) is 5.02 Å². The summed E-state index contributed by atoms with van der Waals surface area (Å²) in [6.07, 6.45) is 0. The topological polar surface area (TPSA) is 38.3 Å². The Labute approximate surface area is 116 Å². The second-order valence-corrected chi connectivity index (χ2v) is 5.32. The molecule has 0 spiro atoms. The lowest BCUT2D eigenvalue weighted by Crippen LogP contribution is -2.12. The minimum Gasteiger partial charge on any atom is -0.461 e. The van der Waals surface area contributed by atoms with Gasteiger partial charge in [0.2, 0.25) is 0 Å². The Morgan fingerprint density at radius 3 is 2.26 bits per heavy atom. The van der Waals surface area contributed by atoms with Crippen LogP contribution in [0.3, 0.4) is 0 Å². The van der Waals surface area contributed by atoms with Crippen LogP contribution in [0.5, 0.6) is 0 Å². The van der Waals surface area contributed by atoms with E-state index in [0.717, 1.165) is 39.0 Å². The Morgan fingerprint density at radius 2 is 1.63 bits per heavy atom. The highest BCUT2D eigenvalue weighted by atomic mass is 35.5. The van der Waals surface area contributed by atoms with Crippen molar-refractivity contribution >= 4 is 33.5 Å². The molecule has 1 atom stereocenters. The molecule has 0 aliphatic rings. The van der Waals surface area contributed by atoms with E-state index in [9.17, 15) is 0 Å². The molecule has 1 unspecified atom stereocenters. The molecule has 19 heavy (non-hydrogen) atoms. The maximum atomic E-state index is 6.45. The predicted octanol–water partition coefficient (Wildman–Crippen LogP) is 4.73. The third-order valence-electron chi connectivity index (χ3n) is 3.55. The SMILES string of the molecule is CNC(C)c1c2cc(C)oc2c(Cl)c2cc(C)oc12. The van der Waals surface area contributed by atoms with E-state index in [0.29, 0.717) is 5.02 Å². The van der Waals surface area contributed by atoms with Crippen molar-refractivity contribution in [3.05, 3.63) is 34.2 Å². The molecule has 1 aromatic carbocycles. The maximum absolute atomic E-state index is 6.45. The molecule has 0 aliphatic heterocycles. The summed E-state index contributed by atoms with van der Waals surface area (Å²) in [6.45, 7) is 5.96. The van der Waals surface area contributed by atoms with Crippen molar-refractivity contribution in [2.45, 2.75) is 26.8 Å². The molecule has 100 valence electrons. The van der Waals surface area contributed by atoms with Gasteiger partial charge in [-0.2, -0.15) is 0 Å². The first-order chi connectivity index (χ1) is 9.02. The maximum Gasteiger partial charge on any atom is 0.154 e. The van der Waals surface area contributed by atoms with E-state index in [2.05, 4.69) is 12.2 Å². The van der Waals surface area contributed by atoms with Crippen molar-refractivity contribution in [1.82, 2.24) is 5.32 Å². The van der Waals surface area contributed by atoms with Crippen LogP contribution < -0.4 is 5.32 Å². The zero-order valence-corrected chi connectivity index (χ0v) is 12.2. The fourth-order valence-electron chi connectivity index (χ4n) is 2.57. The van der Waals surface area contributed by atoms with Gasteiger partial charge in [-0.25, -0.2) is 0 Å². The molecule has 4 heteroatoms. The summed E-state index contributed by atoms with van der Waals surface area (Å²) in [6, 6.07) is 4.13. The van der Waals surface area contributed by atoms with E-state index in [1.165, 1.54) is 0 Å². The average molecular weight is 278 g/mol. The van der Waals surface area contributed by atoms with Crippen LogP contribution in [0.1, 0.15) is 30.0 Å². The number of furan rings is 2. The van der Waals surface area contributed by atoms with E-state index >= 15 is 0 Å². The van der Waals surface area contributed by atoms with Crippen LogP contribution in [-0.4, -0.2) is 7.05 Å². The van der Waals surface area contributed by atoms with Crippen molar-refractivity contribution < 1.29 is 8.83 Å². The summed E-state index contributed by atoms with van der Waals surface area (Å²) in [4.78, 5) is 0. The van der Waals surface area contributed by atoms with Gasteiger partial charge in [0.25, 0.3) is 0 Å². The summed E-state index contributed by atoms with van der Waals surface area (Å²) in [5.74, 6) is 1.71. The van der Waals surface area contributed by atoms with Gasteiger partial charge in [-0.3, -0.25) is 0 Å². The Bertz CT molecular complexity index is 712. The molecular formula is C15H16ClNO2. The molecule has 3 nitrogen and oxygen atoms in total. The van der Waals surface area contributed by atoms with Crippen LogP contribution in [-0.2, 0) is 0 Å². The average Bonchev–Trinajstić information content (AvgIpc) is 2.92. The van der Waals surface area contributed by atoms with Crippen molar-refractivity contribution in [3.8, 4) is 0 Å². The molecule has 3 rings (SSSR count). The van der Waals surface area contributed by atoms with Gasteiger partial charge in [0.1, 0.15) is 17.1 Å². The monoisotopic (exact) mass is 277 g/mol. The third-order valence-corrected chi connectivity index (χ3v) is 3.92. The molecule has 0 radical (unpaired) electrons. The zero-order valence-electron chi connectivity index (χ0n) is 11.4. The van der Waals surface area contributed by atoms with Gasteiger partial charge in [-0.1, -0.05) is 11.6 Å². The number of halogens is 1. The zero-order chi connectivity index (χ0) is 13.7. The Kier molecular flexibility index (Phi) is 2.84. The molecule has 2 aromatic heterocycles. The van der Waals surface area contributed by atoms with Gasteiger partial charge in [-0.05, 0) is 40.0 Å². The van der Waals surface area contributed by atoms with Crippen molar-refractivity contribution in [3.63, 3.8) is 0 Å².